The summed E-state index contributed by atoms with van der Waals surface area (Å²) in [5.41, 5.74) is 1.13. The summed E-state index contributed by atoms with van der Waals surface area (Å²) in [6.07, 6.45) is 2.82. The lowest BCUT2D eigenvalue weighted by Crippen LogP contribution is -2.51. The fourth-order valence-electron chi connectivity index (χ4n) is 3.12. The number of benzene rings is 2. The van der Waals surface area contributed by atoms with Crippen molar-refractivity contribution in [2.45, 2.75) is 31.2 Å². The zero-order valence-electron chi connectivity index (χ0n) is 13.0. The molecule has 1 N–H and O–H groups in total. The number of nitro benzene ring substituents is 1. The molecule has 0 bridgehead atoms. The molecule has 1 saturated carbocycles. The lowest BCUT2D eigenvalue weighted by Gasteiger charge is -2.43. The summed E-state index contributed by atoms with van der Waals surface area (Å²) in [5.74, 6) is -0.191. The number of para-hydroxylation sites is 1. The van der Waals surface area contributed by atoms with Crippen molar-refractivity contribution in [1.82, 2.24) is 5.32 Å². The SMILES string of the molecule is O=C(Cc1ccccc1[N+](=O)[O-])NC1(c2cccc(Br)c2)CCC1. The van der Waals surface area contributed by atoms with Crippen LogP contribution in [-0.4, -0.2) is 10.8 Å². The molecule has 0 aliphatic heterocycles. The third-order valence-electron chi connectivity index (χ3n) is 4.50. The Bertz CT molecular complexity index is 787. The molecule has 1 aliphatic carbocycles. The van der Waals surface area contributed by atoms with Crippen LogP contribution >= 0.6 is 15.9 Å². The summed E-state index contributed by atoms with van der Waals surface area (Å²) in [7, 11) is 0. The van der Waals surface area contributed by atoms with E-state index in [4.69, 9.17) is 0 Å². The van der Waals surface area contributed by atoms with Crippen molar-refractivity contribution in [3.05, 3.63) is 74.2 Å². The Kier molecular flexibility index (Phi) is 4.66. The highest BCUT2D eigenvalue weighted by Gasteiger charge is 2.40. The number of carbonyl (C=O) groups excluding carboxylic acids is 1. The van der Waals surface area contributed by atoms with Crippen LogP contribution in [0.15, 0.2) is 53.0 Å². The van der Waals surface area contributed by atoms with E-state index in [-0.39, 0.29) is 23.6 Å². The first-order valence-electron chi connectivity index (χ1n) is 7.79. The van der Waals surface area contributed by atoms with Crippen LogP contribution in [0.4, 0.5) is 5.69 Å². The molecule has 2 aromatic rings. The van der Waals surface area contributed by atoms with Gasteiger partial charge < -0.3 is 5.32 Å². The summed E-state index contributed by atoms with van der Waals surface area (Å²) >= 11 is 3.47. The number of hydrogen-bond donors (Lipinski definition) is 1. The maximum Gasteiger partial charge on any atom is 0.273 e. The van der Waals surface area contributed by atoms with Gasteiger partial charge in [-0.25, -0.2) is 0 Å². The number of nitrogens with zero attached hydrogens (tertiary/aromatic N) is 1. The molecule has 0 heterocycles. The standard InChI is InChI=1S/C18H17BrN2O3/c19-15-7-3-6-14(12-15)18(9-4-10-18)20-17(22)11-13-5-1-2-8-16(13)21(23)24/h1-3,5-8,12H,4,9-11H2,(H,20,22). The number of nitrogens with one attached hydrogen (secondary N) is 1. The summed E-state index contributed by atoms with van der Waals surface area (Å²) in [6, 6.07) is 14.3. The Morgan fingerprint density at radius 3 is 2.58 bits per heavy atom. The van der Waals surface area contributed by atoms with Crippen LogP contribution in [-0.2, 0) is 16.8 Å². The van der Waals surface area contributed by atoms with Gasteiger partial charge in [0.05, 0.1) is 16.9 Å². The van der Waals surface area contributed by atoms with Crippen LogP contribution in [0.25, 0.3) is 0 Å². The minimum Gasteiger partial charge on any atom is -0.346 e. The van der Waals surface area contributed by atoms with Gasteiger partial charge in [0, 0.05) is 16.1 Å². The number of nitro groups is 1. The highest BCUT2D eigenvalue weighted by atomic mass is 79.9. The molecule has 2 aromatic carbocycles. The first-order valence-corrected chi connectivity index (χ1v) is 8.59. The molecule has 0 saturated heterocycles. The van der Waals surface area contributed by atoms with Crippen LogP contribution in [0.2, 0.25) is 0 Å². The zero-order valence-corrected chi connectivity index (χ0v) is 14.6. The molecule has 1 amide bonds. The second kappa shape index (κ2) is 6.73. The van der Waals surface area contributed by atoms with Gasteiger partial charge >= 0.3 is 0 Å². The third-order valence-corrected chi connectivity index (χ3v) is 5.00. The van der Waals surface area contributed by atoms with Gasteiger partial charge in [0.2, 0.25) is 5.91 Å². The molecule has 124 valence electrons. The Morgan fingerprint density at radius 2 is 1.96 bits per heavy atom. The van der Waals surface area contributed by atoms with Gasteiger partial charge in [-0.05, 0) is 37.0 Å². The van der Waals surface area contributed by atoms with Gasteiger partial charge in [-0.2, -0.15) is 0 Å². The summed E-state index contributed by atoms with van der Waals surface area (Å²) < 4.78 is 0.972. The zero-order chi connectivity index (χ0) is 17.2. The third kappa shape index (κ3) is 3.33. The van der Waals surface area contributed by atoms with E-state index in [1.807, 2.05) is 24.3 Å². The van der Waals surface area contributed by atoms with E-state index in [2.05, 4.69) is 21.2 Å². The predicted molar refractivity (Wildman–Crippen MR) is 94.6 cm³/mol. The number of carbonyl (C=O) groups is 1. The molecule has 0 unspecified atom stereocenters. The van der Waals surface area contributed by atoms with Crippen molar-refractivity contribution in [3.8, 4) is 0 Å². The van der Waals surface area contributed by atoms with Crippen molar-refractivity contribution < 1.29 is 9.72 Å². The van der Waals surface area contributed by atoms with Crippen molar-refractivity contribution in [2.75, 3.05) is 0 Å². The van der Waals surface area contributed by atoms with E-state index >= 15 is 0 Å². The summed E-state index contributed by atoms with van der Waals surface area (Å²) in [4.78, 5) is 23.1. The molecule has 0 spiro atoms. The molecular formula is C18H17BrN2O3. The molecule has 0 radical (unpaired) electrons. The molecule has 24 heavy (non-hydrogen) atoms. The van der Waals surface area contributed by atoms with E-state index in [1.165, 1.54) is 6.07 Å². The molecule has 5 nitrogen and oxygen atoms in total. The van der Waals surface area contributed by atoms with Crippen molar-refractivity contribution in [2.24, 2.45) is 0 Å². The Labute approximate surface area is 148 Å². The highest BCUT2D eigenvalue weighted by molar-refractivity contribution is 9.10. The molecule has 3 rings (SSSR count). The van der Waals surface area contributed by atoms with Gasteiger partial charge in [0.25, 0.3) is 5.69 Å². The average molecular weight is 389 g/mol. The van der Waals surface area contributed by atoms with Crippen molar-refractivity contribution in [3.63, 3.8) is 0 Å². The molecule has 6 heteroatoms. The van der Waals surface area contributed by atoms with Gasteiger partial charge in [0.15, 0.2) is 0 Å². The van der Waals surface area contributed by atoms with Gasteiger partial charge in [-0.3, -0.25) is 14.9 Å². The monoisotopic (exact) mass is 388 g/mol. The first kappa shape index (κ1) is 16.6. The van der Waals surface area contributed by atoms with Crippen LogP contribution < -0.4 is 5.32 Å². The predicted octanol–water partition coefficient (Wildman–Crippen LogP) is 4.10. The number of hydrogen-bond acceptors (Lipinski definition) is 3. The Balaban J connectivity index is 1.78. The largest absolute Gasteiger partial charge is 0.346 e. The normalized spacial score (nSPS) is 15.4. The van der Waals surface area contributed by atoms with Gasteiger partial charge in [-0.1, -0.05) is 46.3 Å². The second-order valence-corrected chi connectivity index (χ2v) is 6.97. The fraction of sp³-hybridized carbons (Fsp3) is 0.278. The van der Waals surface area contributed by atoms with Crippen LogP contribution in [0, 0.1) is 10.1 Å². The average Bonchev–Trinajstić information content (AvgIpc) is 2.51. The van der Waals surface area contributed by atoms with E-state index in [0.29, 0.717) is 5.56 Å². The summed E-state index contributed by atoms with van der Waals surface area (Å²) in [5, 5.41) is 14.2. The molecule has 0 atom stereocenters. The lowest BCUT2D eigenvalue weighted by atomic mass is 9.71. The van der Waals surface area contributed by atoms with E-state index in [9.17, 15) is 14.9 Å². The smallest absolute Gasteiger partial charge is 0.273 e. The fourth-order valence-corrected chi connectivity index (χ4v) is 3.52. The molecular weight excluding hydrogens is 372 g/mol. The van der Waals surface area contributed by atoms with E-state index < -0.39 is 4.92 Å². The van der Waals surface area contributed by atoms with E-state index in [0.717, 1.165) is 29.3 Å². The molecule has 0 aromatic heterocycles. The van der Waals surface area contributed by atoms with Crippen molar-refractivity contribution >= 4 is 27.5 Å². The lowest BCUT2D eigenvalue weighted by molar-refractivity contribution is -0.385. The first-order chi connectivity index (χ1) is 11.5. The van der Waals surface area contributed by atoms with Gasteiger partial charge in [0.1, 0.15) is 0 Å². The number of rotatable bonds is 5. The van der Waals surface area contributed by atoms with Crippen LogP contribution in [0.3, 0.4) is 0 Å². The summed E-state index contributed by atoms with van der Waals surface area (Å²) in [6.45, 7) is 0. The minimum absolute atomic E-state index is 0.00685. The Hall–Kier alpha value is -2.21. The number of halogens is 1. The minimum atomic E-state index is -0.448. The Morgan fingerprint density at radius 1 is 1.21 bits per heavy atom. The molecule has 1 fully saturated rings. The van der Waals surface area contributed by atoms with Gasteiger partial charge in [-0.15, -0.1) is 0 Å². The molecule has 1 aliphatic rings. The quantitative estimate of drug-likeness (QED) is 0.618. The number of amides is 1. The topological polar surface area (TPSA) is 72.2 Å². The van der Waals surface area contributed by atoms with Crippen LogP contribution in [0.1, 0.15) is 30.4 Å². The highest BCUT2D eigenvalue weighted by Crippen LogP contribution is 2.42. The second-order valence-electron chi connectivity index (χ2n) is 6.06. The maximum absolute atomic E-state index is 12.5. The maximum atomic E-state index is 12.5. The van der Waals surface area contributed by atoms with E-state index in [1.54, 1.807) is 18.2 Å². The van der Waals surface area contributed by atoms with Crippen LogP contribution in [0.5, 0.6) is 0 Å². The van der Waals surface area contributed by atoms with Crippen molar-refractivity contribution in [1.29, 1.82) is 0 Å².